The predicted octanol–water partition coefficient (Wildman–Crippen LogP) is 5.68. The number of nitrogens with one attached hydrogen (secondary N) is 1. The van der Waals surface area contributed by atoms with Crippen molar-refractivity contribution in [1.29, 1.82) is 0 Å². The van der Waals surface area contributed by atoms with E-state index in [1.54, 1.807) is 11.3 Å². The Hall–Kier alpha value is -1.16. The molecule has 4 heteroatoms. The molecule has 23 heavy (non-hydrogen) atoms. The normalized spacial score (nSPS) is 11.7. The minimum absolute atomic E-state index is 0.0302. The second-order valence-corrected chi connectivity index (χ2v) is 7.24. The summed E-state index contributed by atoms with van der Waals surface area (Å²) in [7, 11) is 0. The van der Waals surface area contributed by atoms with Gasteiger partial charge in [-0.25, -0.2) is 5.43 Å². The second-order valence-electron chi connectivity index (χ2n) is 6.08. The molecule has 1 heterocycles. The van der Waals surface area contributed by atoms with E-state index in [9.17, 15) is 4.79 Å². The fourth-order valence-corrected chi connectivity index (χ4v) is 3.33. The molecule has 1 aromatic heterocycles. The van der Waals surface area contributed by atoms with Gasteiger partial charge in [0.05, 0.1) is 10.6 Å². The van der Waals surface area contributed by atoms with Gasteiger partial charge < -0.3 is 0 Å². The van der Waals surface area contributed by atoms with E-state index >= 15 is 0 Å². The van der Waals surface area contributed by atoms with Crippen LogP contribution in [0.25, 0.3) is 0 Å². The van der Waals surface area contributed by atoms with E-state index in [4.69, 9.17) is 0 Å². The van der Waals surface area contributed by atoms with Crippen LogP contribution < -0.4 is 5.43 Å². The molecule has 0 aliphatic rings. The smallest absolute Gasteiger partial charge is 0.240 e. The molecule has 1 rings (SSSR count). The van der Waals surface area contributed by atoms with Crippen molar-refractivity contribution in [3.63, 3.8) is 0 Å². The van der Waals surface area contributed by atoms with E-state index in [0.717, 1.165) is 29.9 Å². The fraction of sp³-hybridized carbons (Fsp3) is 0.684. The SMILES string of the molecule is CCCCCCCCCCC(=O)N/N=C(\C)c1ccc(CC)s1. The van der Waals surface area contributed by atoms with Crippen molar-refractivity contribution in [3.05, 3.63) is 21.9 Å². The third kappa shape index (κ3) is 8.89. The Morgan fingerprint density at radius 3 is 2.30 bits per heavy atom. The van der Waals surface area contributed by atoms with Crippen LogP contribution in [-0.2, 0) is 11.2 Å². The highest BCUT2D eigenvalue weighted by Crippen LogP contribution is 2.17. The van der Waals surface area contributed by atoms with Crippen LogP contribution in [-0.4, -0.2) is 11.6 Å². The zero-order chi connectivity index (χ0) is 16.9. The Bertz CT molecular complexity index is 479. The Morgan fingerprint density at radius 1 is 1.04 bits per heavy atom. The molecular formula is C19H32N2OS. The predicted molar refractivity (Wildman–Crippen MR) is 101 cm³/mol. The van der Waals surface area contributed by atoms with E-state index in [-0.39, 0.29) is 5.91 Å². The van der Waals surface area contributed by atoms with Crippen LogP contribution in [0, 0.1) is 0 Å². The molecule has 1 N–H and O–H groups in total. The number of rotatable bonds is 12. The van der Waals surface area contributed by atoms with Gasteiger partial charge in [0, 0.05) is 11.3 Å². The van der Waals surface area contributed by atoms with E-state index in [2.05, 4.69) is 36.5 Å². The zero-order valence-electron chi connectivity index (χ0n) is 15.0. The van der Waals surface area contributed by atoms with Crippen LogP contribution in [0.15, 0.2) is 17.2 Å². The minimum Gasteiger partial charge on any atom is -0.273 e. The number of thiophene rings is 1. The Balaban J connectivity index is 2.12. The van der Waals surface area contributed by atoms with Crippen molar-refractivity contribution in [2.45, 2.75) is 85.0 Å². The molecule has 0 fully saturated rings. The van der Waals surface area contributed by atoms with Crippen molar-refractivity contribution in [2.75, 3.05) is 0 Å². The number of hydrogen-bond acceptors (Lipinski definition) is 3. The highest BCUT2D eigenvalue weighted by molar-refractivity contribution is 7.14. The summed E-state index contributed by atoms with van der Waals surface area (Å²) in [5, 5.41) is 4.22. The molecule has 1 aromatic rings. The maximum Gasteiger partial charge on any atom is 0.240 e. The zero-order valence-corrected chi connectivity index (χ0v) is 15.8. The average molecular weight is 337 g/mol. The van der Waals surface area contributed by atoms with E-state index in [0.29, 0.717) is 6.42 Å². The topological polar surface area (TPSA) is 41.5 Å². The van der Waals surface area contributed by atoms with E-state index in [1.807, 2.05) is 6.92 Å². The number of carbonyl (C=O) groups is 1. The van der Waals surface area contributed by atoms with Gasteiger partial charge in [-0.2, -0.15) is 5.10 Å². The summed E-state index contributed by atoms with van der Waals surface area (Å²) in [6.45, 7) is 6.33. The first-order valence-electron chi connectivity index (χ1n) is 9.09. The molecule has 0 saturated carbocycles. The third-order valence-electron chi connectivity index (χ3n) is 3.97. The number of hydrazone groups is 1. The molecule has 0 unspecified atom stereocenters. The molecule has 0 spiro atoms. The van der Waals surface area contributed by atoms with Gasteiger partial charge in [-0.05, 0) is 31.9 Å². The van der Waals surface area contributed by atoms with Gasteiger partial charge in [0.25, 0.3) is 0 Å². The monoisotopic (exact) mass is 336 g/mol. The maximum absolute atomic E-state index is 11.8. The minimum atomic E-state index is 0.0302. The van der Waals surface area contributed by atoms with Gasteiger partial charge in [-0.3, -0.25) is 4.79 Å². The standard InChI is InChI=1S/C19H32N2OS/c1-4-6-7-8-9-10-11-12-13-19(22)21-20-16(3)18-15-14-17(5-2)23-18/h14-15H,4-13H2,1-3H3,(H,21,22)/b20-16+. The summed E-state index contributed by atoms with van der Waals surface area (Å²) in [6.07, 6.45) is 11.6. The lowest BCUT2D eigenvalue weighted by atomic mass is 10.1. The van der Waals surface area contributed by atoms with Gasteiger partial charge in [0.1, 0.15) is 0 Å². The first kappa shape index (κ1) is 19.9. The molecule has 0 radical (unpaired) electrons. The highest BCUT2D eigenvalue weighted by Gasteiger charge is 2.04. The Kier molecular flexibility index (Phi) is 10.6. The number of carbonyl (C=O) groups excluding carboxylic acids is 1. The summed E-state index contributed by atoms with van der Waals surface area (Å²) >= 11 is 1.74. The summed E-state index contributed by atoms with van der Waals surface area (Å²) in [5.74, 6) is 0.0302. The van der Waals surface area contributed by atoms with Gasteiger partial charge in [0.15, 0.2) is 0 Å². The molecule has 0 bridgehead atoms. The van der Waals surface area contributed by atoms with Crippen LogP contribution in [0.3, 0.4) is 0 Å². The van der Waals surface area contributed by atoms with Crippen LogP contribution in [0.4, 0.5) is 0 Å². The molecule has 0 aliphatic heterocycles. The summed E-state index contributed by atoms with van der Waals surface area (Å²) in [5.41, 5.74) is 3.57. The van der Waals surface area contributed by atoms with Crippen LogP contribution in [0.1, 0.15) is 88.3 Å². The van der Waals surface area contributed by atoms with Crippen LogP contribution in [0.5, 0.6) is 0 Å². The summed E-state index contributed by atoms with van der Waals surface area (Å²) < 4.78 is 0. The Labute approximate surface area is 145 Å². The quantitative estimate of drug-likeness (QED) is 0.298. The fourth-order valence-electron chi connectivity index (χ4n) is 2.44. The Morgan fingerprint density at radius 2 is 1.70 bits per heavy atom. The largest absolute Gasteiger partial charge is 0.273 e. The average Bonchev–Trinajstić information content (AvgIpc) is 3.04. The molecule has 0 aromatic carbocycles. The molecule has 0 saturated heterocycles. The maximum atomic E-state index is 11.8. The van der Waals surface area contributed by atoms with Gasteiger partial charge in [0.2, 0.25) is 5.91 Å². The van der Waals surface area contributed by atoms with Crippen LogP contribution in [0.2, 0.25) is 0 Å². The number of amides is 1. The van der Waals surface area contributed by atoms with Crippen LogP contribution >= 0.6 is 11.3 Å². The molecule has 0 aliphatic carbocycles. The van der Waals surface area contributed by atoms with Gasteiger partial charge in [-0.15, -0.1) is 11.3 Å². The molecule has 0 atom stereocenters. The molecule has 1 amide bonds. The van der Waals surface area contributed by atoms with Crippen molar-refractivity contribution in [3.8, 4) is 0 Å². The highest BCUT2D eigenvalue weighted by atomic mass is 32.1. The van der Waals surface area contributed by atoms with Crippen molar-refractivity contribution >= 4 is 23.0 Å². The third-order valence-corrected chi connectivity index (χ3v) is 5.31. The van der Waals surface area contributed by atoms with E-state index < -0.39 is 0 Å². The second kappa shape index (κ2) is 12.3. The summed E-state index contributed by atoms with van der Waals surface area (Å²) in [6, 6.07) is 4.20. The first-order valence-corrected chi connectivity index (χ1v) is 9.91. The number of unbranched alkanes of at least 4 members (excludes halogenated alkanes) is 7. The first-order chi connectivity index (χ1) is 11.2. The molecule has 130 valence electrons. The lowest BCUT2D eigenvalue weighted by Gasteiger charge is -2.02. The van der Waals surface area contributed by atoms with Gasteiger partial charge in [-0.1, -0.05) is 58.8 Å². The summed E-state index contributed by atoms with van der Waals surface area (Å²) in [4.78, 5) is 14.3. The van der Waals surface area contributed by atoms with E-state index in [1.165, 1.54) is 43.4 Å². The van der Waals surface area contributed by atoms with Crippen molar-refractivity contribution in [2.24, 2.45) is 5.10 Å². The number of hydrogen-bond donors (Lipinski definition) is 1. The van der Waals surface area contributed by atoms with Gasteiger partial charge >= 0.3 is 0 Å². The molecule has 3 nitrogen and oxygen atoms in total. The molecular weight excluding hydrogens is 304 g/mol. The lowest BCUT2D eigenvalue weighted by Crippen LogP contribution is -2.18. The van der Waals surface area contributed by atoms with Crippen molar-refractivity contribution in [1.82, 2.24) is 5.43 Å². The number of nitrogens with zero attached hydrogens (tertiary/aromatic N) is 1. The van der Waals surface area contributed by atoms with Crippen molar-refractivity contribution < 1.29 is 4.79 Å². The lowest BCUT2D eigenvalue weighted by molar-refractivity contribution is -0.121. The number of aryl methyl sites for hydroxylation is 1.